The Labute approximate surface area is 148 Å². The molecule has 1 aromatic carbocycles. The van der Waals surface area contributed by atoms with Gasteiger partial charge in [0.2, 0.25) is 0 Å². The van der Waals surface area contributed by atoms with Crippen LogP contribution >= 0.6 is 11.3 Å². The Morgan fingerprint density at radius 1 is 1.28 bits per heavy atom. The van der Waals surface area contributed by atoms with E-state index in [9.17, 15) is 10.1 Å². The number of aromatic nitrogens is 2. The first-order valence-corrected chi connectivity index (χ1v) is 8.45. The van der Waals surface area contributed by atoms with Crippen LogP contribution in [0, 0.1) is 10.1 Å². The van der Waals surface area contributed by atoms with Crippen molar-refractivity contribution in [2.45, 2.75) is 26.2 Å². The van der Waals surface area contributed by atoms with Crippen molar-refractivity contribution in [1.29, 1.82) is 0 Å². The van der Waals surface area contributed by atoms with Gasteiger partial charge in [-0.05, 0) is 17.5 Å². The number of benzene rings is 1. The molecule has 0 bridgehead atoms. The van der Waals surface area contributed by atoms with Gasteiger partial charge in [-0.3, -0.25) is 15.5 Å². The van der Waals surface area contributed by atoms with Crippen molar-refractivity contribution in [3.05, 3.63) is 57.2 Å². The number of nitrogens with one attached hydrogen (secondary N) is 1. The summed E-state index contributed by atoms with van der Waals surface area (Å²) in [5.74, 6) is 0.576. The van der Waals surface area contributed by atoms with E-state index in [1.807, 2.05) is 0 Å². The van der Waals surface area contributed by atoms with Gasteiger partial charge in [0.25, 0.3) is 5.69 Å². The summed E-state index contributed by atoms with van der Waals surface area (Å²) in [6, 6.07) is 8.49. The second-order valence-electron chi connectivity index (χ2n) is 6.49. The Bertz CT molecular complexity index is 959. The third kappa shape index (κ3) is 3.63. The summed E-state index contributed by atoms with van der Waals surface area (Å²) in [6.07, 6.45) is 2.90. The van der Waals surface area contributed by atoms with Gasteiger partial charge in [-0.1, -0.05) is 32.9 Å². The lowest BCUT2D eigenvalue weighted by atomic mass is 9.94. The second kappa shape index (κ2) is 6.56. The predicted molar refractivity (Wildman–Crippen MR) is 100 cm³/mol. The molecule has 7 nitrogen and oxygen atoms in total. The highest BCUT2D eigenvalue weighted by molar-refractivity contribution is 7.18. The van der Waals surface area contributed by atoms with Crippen molar-refractivity contribution >= 4 is 39.3 Å². The lowest BCUT2D eigenvalue weighted by Gasteiger charge is -2.14. The van der Waals surface area contributed by atoms with Gasteiger partial charge in [-0.2, -0.15) is 5.10 Å². The molecule has 0 amide bonds. The molecule has 0 spiro atoms. The van der Waals surface area contributed by atoms with Crippen molar-refractivity contribution in [3.63, 3.8) is 0 Å². The zero-order chi connectivity index (χ0) is 18.0. The van der Waals surface area contributed by atoms with Crippen LogP contribution < -0.4 is 5.43 Å². The minimum atomic E-state index is -0.432. The number of nitro benzene ring substituents is 1. The zero-order valence-electron chi connectivity index (χ0n) is 14.1. The molecule has 0 fully saturated rings. The van der Waals surface area contributed by atoms with Crippen molar-refractivity contribution < 1.29 is 4.92 Å². The Hall–Kier alpha value is -2.87. The van der Waals surface area contributed by atoms with Gasteiger partial charge in [0.1, 0.15) is 11.2 Å². The number of hydrazone groups is 1. The fourth-order valence-electron chi connectivity index (χ4n) is 2.24. The van der Waals surface area contributed by atoms with E-state index in [1.54, 1.807) is 29.5 Å². The van der Waals surface area contributed by atoms with Crippen LogP contribution in [0.1, 0.15) is 31.2 Å². The Morgan fingerprint density at radius 2 is 2.04 bits per heavy atom. The number of nitro groups is 1. The summed E-state index contributed by atoms with van der Waals surface area (Å²) >= 11 is 1.62. The molecule has 0 saturated carbocycles. The molecule has 2 heterocycles. The number of hydrogen-bond donors (Lipinski definition) is 1. The standard InChI is InChI=1S/C17H17N5O2S/c1-17(2,3)14-8-12-15(18-10-19-16(12)25-14)21-20-9-11-6-4-5-7-13(11)22(23)24/h4-10H,1-3H3,(H,18,19,21). The van der Waals surface area contributed by atoms with Gasteiger partial charge in [0.15, 0.2) is 5.82 Å². The number of fused-ring (bicyclic) bond motifs is 1. The highest BCUT2D eigenvalue weighted by atomic mass is 32.1. The van der Waals surface area contributed by atoms with Crippen molar-refractivity contribution in [1.82, 2.24) is 9.97 Å². The number of thiophene rings is 1. The maximum absolute atomic E-state index is 11.0. The van der Waals surface area contributed by atoms with Crippen LogP contribution in [0.4, 0.5) is 11.5 Å². The van der Waals surface area contributed by atoms with E-state index >= 15 is 0 Å². The third-order valence-electron chi connectivity index (χ3n) is 3.58. The van der Waals surface area contributed by atoms with E-state index in [0.29, 0.717) is 11.4 Å². The summed E-state index contributed by atoms with van der Waals surface area (Å²) in [7, 11) is 0. The highest BCUT2D eigenvalue weighted by Crippen LogP contribution is 2.35. The SMILES string of the molecule is CC(C)(C)c1cc2c(NN=Cc3ccccc3[N+](=O)[O-])ncnc2s1. The lowest BCUT2D eigenvalue weighted by Crippen LogP contribution is -2.07. The third-order valence-corrected chi connectivity index (χ3v) is 5.04. The average molecular weight is 355 g/mol. The molecule has 2 aromatic heterocycles. The molecule has 0 saturated heterocycles. The molecular formula is C17H17N5O2S. The van der Waals surface area contributed by atoms with Crippen LogP contribution in [-0.2, 0) is 5.41 Å². The van der Waals surface area contributed by atoms with Crippen LogP contribution in [0.3, 0.4) is 0 Å². The summed E-state index contributed by atoms with van der Waals surface area (Å²) in [4.78, 5) is 21.2. The maximum atomic E-state index is 11.0. The zero-order valence-corrected chi connectivity index (χ0v) is 14.9. The van der Waals surface area contributed by atoms with Crippen LogP contribution in [0.15, 0.2) is 41.8 Å². The first-order chi connectivity index (χ1) is 11.9. The lowest BCUT2D eigenvalue weighted by molar-refractivity contribution is -0.385. The summed E-state index contributed by atoms with van der Waals surface area (Å²) in [5.41, 5.74) is 3.32. The predicted octanol–water partition coefficient (Wildman–Crippen LogP) is 4.34. The quantitative estimate of drug-likeness (QED) is 0.427. The Morgan fingerprint density at radius 3 is 2.76 bits per heavy atom. The summed E-state index contributed by atoms with van der Waals surface area (Å²) < 4.78 is 0. The van der Waals surface area contributed by atoms with Gasteiger partial charge in [-0.25, -0.2) is 9.97 Å². The van der Waals surface area contributed by atoms with E-state index in [2.05, 4.69) is 47.3 Å². The maximum Gasteiger partial charge on any atom is 0.278 e. The molecule has 1 N–H and O–H groups in total. The average Bonchev–Trinajstić information content (AvgIpc) is 3.00. The van der Waals surface area contributed by atoms with Crippen molar-refractivity contribution in [2.24, 2.45) is 5.10 Å². The molecule has 0 aliphatic rings. The highest BCUT2D eigenvalue weighted by Gasteiger charge is 2.19. The fourth-order valence-corrected chi connectivity index (χ4v) is 3.30. The molecule has 3 rings (SSSR count). The molecule has 0 aliphatic carbocycles. The Balaban J connectivity index is 1.89. The van der Waals surface area contributed by atoms with Crippen molar-refractivity contribution in [3.8, 4) is 0 Å². The number of para-hydroxylation sites is 1. The van der Waals surface area contributed by atoms with Gasteiger partial charge in [0, 0.05) is 10.9 Å². The van der Waals surface area contributed by atoms with Crippen LogP contribution in [0.2, 0.25) is 0 Å². The van der Waals surface area contributed by atoms with E-state index in [4.69, 9.17) is 0 Å². The van der Waals surface area contributed by atoms with Gasteiger partial charge in [-0.15, -0.1) is 11.3 Å². The summed E-state index contributed by atoms with van der Waals surface area (Å²) in [5, 5.41) is 16.0. The van der Waals surface area contributed by atoms with Crippen LogP contribution in [0.5, 0.6) is 0 Å². The summed E-state index contributed by atoms with van der Waals surface area (Å²) in [6.45, 7) is 6.43. The normalized spacial score (nSPS) is 12.0. The molecule has 3 aromatic rings. The first kappa shape index (κ1) is 17.0. The molecular weight excluding hydrogens is 338 g/mol. The van der Waals surface area contributed by atoms with Gasteiger partial charge < -0.3 is 0 Å². The molecule has 0 atom stereocenters. The molecule has 25 heavy (non-hydrogen) atoms. The molecule has 128 valence electrons. The van der Waals surface area contributed by atoms with Gasteiger partial charge >= 0.3 is 0 Å². The van der Waals surface area contributed by atoms with Gasteiger partial charge in [0.05, 0.1) is 22.1 Å². The number of hydrogen-bond acceptors (Lipinski definition) is 7. The largest absolute Gasteiger partial charge is 0.278 e. The fraction of sp³-hybridized carbons (Fsp3) is 0.235. The van der Waals surface area contributed by atoms with E-state index in [0.717, 1.165) is 10.2 Å². The smallest absolute Gasteiger partial charge is 0.261 e. The molecule has 0 aliphatic heterocycles. The second-order valence-corrected chi connectivity index (χ2v) is 7.52. The first-order valence-electron chi connectivity index (χ1n) is 7.64. The van der Waals surface area contributed by atoms with E-state index in [-0.39, 0.29) is 11.1 Å². The number of rotatable bonds is 4. The van der Waals surface area contributed by atoms with Crippen molar-refractivity contribution in [2.75, 3.05) is 5.43 Å². The van der Waals surface area contributed by atoms with Crippen LogP contribution in [-0.4, -0.2) is 21.1 Å². The van der Waals surface area contributed by atoms with E-state index < -0.39 is 4.92 Å². The Kier molecular flexibility index (Phi) is 4.45. The molecule has 8 heteroatoms. The number of nitrogens with zero attached hydrogens (tertiary/aromatic N) is 4. The van der Waals surface area contributed by atoms with E-state index in [1.165, 1.54) is 23.5 Å². The minimum absolute atomic E-state index is 0.00596. The topological polar surface area (TPSA) is 93.3 Å². The number of anilines is 1. The van der Waals surface area contributed by atoms with Crippen LogP contribution in [0.25, 0.3) is 10.2 Å². The minimum Gasteiger partial charge on any atom is -0.261 e. The monoisotopic (exact) mass is 355 g/mol. The molecule has 0 radical (unpaired) electrons. The molecule has 0 unspecified atom stereocenters.